The minimum absolute atomic E-state index is 0.203. The van der Waals surface area contributed by atoms with Gasteiger partial charge in [0, 0.05) is 26.2 Å². The van der Waals surface area contributed by atoms with Gasteiger partial charge >= 0.3 is 0 Å². The summed E-state index contributed by atoms with van der Waals surface area (Å²) in [5, 5.41) is 4.99. The van der Waals surface area contributed by atoms with Gasteiger partial charge in [0.1, 0.15) is 5.82 Å². The number of sulfonamides is 1. The number of hydrogen-bond donors (Lipinski definition) is 2. The van der Waals surface area contributed by atoms with Gasteiger partial charge in [-0.2, -0.15) is 0 Å². The average molecular weight is 316 g/mol. The van der Waals surface area contributed by atoms with Crippen LogP contribution in [0.1, 0.15) is 6.42 Å². The zero-order valence-corrected chi connectivity index (χ0v) is 12.7. The summed E-state index contributed by atoms with van der Waals surface area (Å²) in [6.07, 6.45) is 0.956. The number of nitrogens with two attached hydrogens (primary N) is 2. The molecule has 0 radical (unpaired) electrons. The molecule has 1 fully saturated rings. The first kappa shape index (κ1) is 16.2. The molecule has 0 saturated carbocycles. The van der Waals surface area contributed by atoms with Crippen molar-refractivity contribution in [3.63, 3.8) is 0 Å². The van der Waals surface area contributed by atoms with Crippen LogP contribution in [0.15, 0.2) is 23.1 Å². The van der Waals surface area contributed by atoms with Gasteiger partial charge in [-0.25, -0.2) is 17.9 Å². The van der Waals surface area contributed by atoms with Crippen molar-refractivity contribution in [3.05, 3.63) is 24.0 Å². The molecule has 0 atom stereocenters. The molecular weight excluding hydrogens is 295 g/mol. The van der Waals surface area contributed by atoms with Crippen molar-refractivity contribution in [2.24, 2.45) is 10.9 Å². The van der Waals surface area contributed by atoms with Crippen molar-refractivity contribution in [1.82, 2.24) is 4.90 Å². The molecule has 6 nitrogen and oxygen atoms in total. The molecule has 1 saturated heterocycles. The van der Waals surface area contributed by atoms with Crippen molar-refractivity contribution >= 4 is 15.7 Å². The summed E-state index contributed by atoms with van der Waals surface area (Å²) >= 11 is 0. The Morgan fingerprint density at radius 3 is 2.38 bits per heavy atom. The molecule has 0 aromatic heterocycles. The molecule has 1 aliphatic heterocycles. The number of rotatable bonds is 5. The van der Waals surface area contributed by atoms with Crippen LogP contribution >= 0.6 is 0 Å². The highest BCUT2D eigenvalue weighted by Gasteiger charge is 2.20. The first-order valence-corrected chi connectivity index (χ1v) is 8.46. The normalized spacial score (nSPS) is 17.2. The lowest BCUT2D eigenvalue weighted by molar-refractivity contribution is 0.256. The Kier molecular flexibility index (Phi) is 5.15. The lowest BCUT2D eigenvalue weighted by Gasteiger charge is -2.36. The smallest absolute Gasteiger partial charge is 0.238 e. The van der Waals surface area contributed by atoms with Crippen LogP contribution in [0.5, 0.6) is 0 Å². The quantitative estimate of drug-likeness (QED) is 0.794. The summed E-state index contributed by atoms with van der Waals surface area (Å²) < 4.78 is 36.5. The van der Waals surface area contributed by atoms with Gasteiger partial charge in [0.25, 0.3) is 0 Å². The van der Waals surface area contributed by atoms with Crippen molar-refractivity contribution in [1.29, 1.82) is 0 Å². The van der Waals surface area contributed by atoms with E-state index in [9.17, 15) is 12.8 Å². The molecule has 0 aliphatic carbocycles. The van der Waals surface area contributed by atoms with Gasteiger partial charge in [0.15, 0.2) is 0 Å². The van der Waals surface area contributed by atoms with E-state index in [1.165, 1.54) is 12.1 Å². The highest BCUT2D eigenvalue weighted by molar-refractivity contribution is 7.89. The van der Waals surface area contributed by atoms with Gasteiger partial charge in [-0.15, -0.1) is 0 Å². The van der Waals surface area contributed by atoms with Crippen molar-refractivity contribution in [3.8, 4) is 0 Å². The summed E-state index contributed by atoms with van der Waals surface area (Å²) in [5.74, 6) is -0.558. The highest BCUT2D eigenvalue weighted by atomic mass is 32.2. The molecule has 0 bridgehead atoms. The summed E-state index contributed by atoms with van der Waals surface area (Å²) in [5.41, 5.74) is 5.90. The maximum absolute atomic E-state index is 14.1. The van der Waals surface area contributed by atoms with Crippen LogP contribution in [0.2, 0.25) is 0 Å². The molecule has 4 N–H and O–H groups in total. The van der Waals surface area contributed by atoms with Crippen molar-refractivity contribution < 1.29 is 12.8 Å². The van der Waals surface area contributed by atoms with Gasteiger partial charge < -0.3 is 10.6 Å². The van der Waals surface area contributed by atoms with E-state index in [2.05, 4.69) is 4.90 Å². The fraction of sp³-hybridized carbons (Fsp3) is 0.538. The highest BCUT2D eigenvalue weighted by Crippen LogP contribution is 2.23. The molecule has 1 aliphatic rings. The summed E-state index contributed by atoms with van der Waals surface area (Å²) in [7, 11) is -3.87. The van der Waals surface area contributed by atoms with Gasteiger partial charge in [0.05, 0.1) is 10.6 Å². The van der Waals surface area contributed by atoms with Crippen molar-refractivity contribution in [2.45, 2.75) is 11.3 Å². The van der Waals surface area contributed by atoms with Crippen LogP contribution in [0.3, 0.4) is 0 Å². The van der Waals surface area contributed by atoms with Gasteiger partial charge in [-0.3, -0.25) is 4.90 Å². The molecule has 118 valence electrons. The number of nitrogens with zero attached hydrogens (tertiary/aromatic N) is 2. The minimum atomic E-state index is -3.87. The van der Waals surface area contributed by atoms with E-state index in [-0.39, 0.29) is 4.90 Å². The maximum atomic E-state index is 14.1. The number of halogens is 1. The fourth-order valence-corrected chi connectivity index (χ4v) is 2.97. The lowest BCUT2D eigenvalue weighted by Crippen LogP contribution is -2.47. The monoisotopic (exact) mass is 316 g/mol. The number of hydrogen-bond acceptors (Lipinski definition) is 5. The molecule has 2 rings (SSSR count). The predicted octanol–water partition coefficient (Wildman–Crippen LogP) is -0.0561. The number of benzene rings is 1. The summed E-state index contributed by atoms with van der Waals surface area (Å²) in [6, 6.07) is 3.80. The van der Waals surface area contributed by atoms with E-state index in [0.717, 1.165) is 32.1 Å². The first-order valence-electron chi connectivity index (χ1n) is 6.91. The van der Waals surface area contributed by atoms with Gasteiger partial charge in [-0.1, -0.05) is 0 Å². The van der Waals surface area contributed by atoms with E-state index in [0.29, 0.717) is 25.3 Å². The molecule has 0 amide bonds. The lowest BCUT2D eigenvalue weighted by atomic mass is 10.2. The molecule has 0 unspecified atom stereocenters. The average Bonchev–Trinajstić information content (AvgIpc) is 2.45. The Hall–Kier alpha value is -1.22. The van der Waals surface area contributed by atoms with Crippen molar-refractivity contribution in [2.75, 3.05) is 44.2 Å². The number of primary sulfonamides is 1. The second-order valence-corrected chi connectivity index (χ2v) is 6.69. The third kappa shape index (κ3) is 4.13. The molecule has 1 heterocycles. The fourth-order valence-electron chi connectivity index (χ4n) is 2.45. The van der Waals surface area contributed by atoms with E-state index in [1.54, 1.807) is 0 Å². The summed E-state index contributed by atoms with van der Waals surface area (Å²) in [4.78, 5) is 4.01. The zero-order valence-electron chi connectivity index (χ0n) is 11.8. The molecular formula is C13H21FN4O2S. The van der Waals surface area contributed by atoms with Crippen LogP contribution in [-0.2, 0) is 10.0 Å². The van der Waals surface area contributed by atoms with Crippen LogP contribution < -0.4 is 15.8 Å². The summed E-state index contributed by atoms with van der Waals surface area (Å²) in [6.45, 7) is 4.72. The largest absolute Gasteiger partial charge is 0.367 e. The maximum Gasteiger partial charge on any atom is 0.238 e. The second-order valence-electron chi connectivity index (χ2n) is 5.13. The molecule has 1 aromatic rings. The number of piperazine rings is 1. The third-order valence-corrected chi connectivity index (χ3v) is 4.55. The van der Waals surface area contributed by atoms with Crippen LogP contribution in [0.25, 0.3) is 0 Å². The Bertz CT molecular complexity index is 586. The second kappa shape index (κ2) is 6.69. The standard InChI is InChI=1S/C13H21FN4O2S/c14-12-10-11(21(16,19)20)2-3-13(12)18-8-6-17(7-9-18)5-1-4-15/h2-3,10H,1,4-9,15H2,(H2,16,19,20). The Labute approximate surface area is 124 Å². The topological polar surface area (TPSA) is 92.7 Å². The van der Waals surface area contributed by atoms with Crippen LogP contribution in [0.4, 0.5) is 10.1 Å². The molecule has 21 heavy (non-hydrogen) atoms. The molecule has 1 aromatic carbocycles. The van der Waals surface area contributed by atoms with E-state index < -0.39 is 15.8 Å². The van der Waals surface area contributed by atoms with E-state index in [4.69, 9.17) is 10.9 Å². The SMILES string of the molecule is NCCCN1CCN(c2ccc(S(N)(=O)=O)cc2F)CC1. The van der Waals surface area contributed by atoms with Gasteiger partial charge in [-0.05, 0) is 37.7 Å². The molecule has 0 spiro atoms. The van der Waals surface area contributed by atoms with E-state index >= 15 is 0 Å². The predicted molar refractivity (Wildman–Crippen MR) is 80.1 cm³/mol. The molecule has 8 heteroatoms. The Morgan fingerprint density at radius 2 is 1.86 bits per heavy atom. The van der Waals surface area contributed by atoms with Gasteiger partial charge in [0.2, 0.25) is 10.0 Å². The van der Waals surface area contributed by atoms with Crippen LogP contribution in [0, 0.1) is 5.82 Å². The zero-order chi connectivity index (χ0) is 15.5. The van der Waals surface area contributed by atoms with E-state index in [1.807, 2.05) is 4.90 Å². The first-order chi connectivity index (χ1) is 9.91. The Balaban J connectivity index is 2.04. The third-order valence-electron chi connectivity index (χ3n) is 3.64. The Morgan fingerprint density at radius 1 is 1.19 bits per heavy atom. The van der Waals surface area contributed by atoms with Crippen LogP contribution in [-0.4, -0.2) is 52.6 Å². The number of anilines is 1. The minimum Gasteiger partial charge on any atom is -0.367 e.